The molecule has 0 unspecified atom stereocenters. The fraction of sp³-hybridized carbons (Fsp3) is 0.100. The Kier molecular flexibility index (Phi) is 4.94. The van der Waals surface area contributed by atoms with Crippen LogP contribution in [0.3, 0.4) is 0 Å². The summed E-state index contributed by atoms with van der Waals surface area (Å²) >= 11 is 11.9. The lowest BCUT2D eigenvalue weighted by molar-refractivity contribution is -0.131. The van der Waals surface area contributed by atoms with Crippen LogP contribution in [-0.2, 0) is 4.79 Å². The summed E-state index contributed by atoms with van der Waals surface area (Å²) in [4.78, 5) is 10.8. The van der Waals surface area contributed by atoms with E-state index in [4.69, 9.17) is 39.4 Å². The molecule has 0 bridgehead atoms. The molecule has 0 fully saturated rings. The van der Waals surface area contributed by atoms with Crippen LogP contribution in [0, 0.1) is 0 Å². The van der Waals surface area contributed by atoms with Crippen molar-refractivity contribution in [2.45, 2.75) is 6.92 Å². The van der Waals surface area contributed by atoms with Crippen LogP contribution < -0.4 is 16.2 Å². The Morgan fingerprint density at radius 3 is 2.33 bits per heavy atom. The molecule has 0 radical (unpaired) electrons. The normalized spacial score (nSPS) is 10.4. The van der Waals surface area contributed by atoms with E-state index >= 15 is 0 Å². The zero-order chi connectivity index (χ0) is 13.7. The second kappa shape index (κ2) is 6.23. The van der Waals surface area contributed by atoms with Gasteiger partial charge in [0, 0.05) is 24.6 Å². The van der Waals surface area contributed by atoms with Gasteiger partial charge >= 0.3 is 5.97 Å². The van der Waals surface area contributed by atoms with Crippen LogP contribution in [0.5, 0.6) is 5.75 Å². The molecule has 1 aromatic rings. The highest BCUT2D eigenvalue weighted by atomic mass is 35.5. The average Bonchev–Trinajstić information content (AvgIpc) is 2.20. The van der Waals surface area contributed by atoms with Crippen LogP contribution in [-0.4, -0.2) is 18.1 Å². The van der Waals surface area contributed by atoms with E-state index in [1.165, 1.54) is 25.3 Å². The van der Waals surface area contributed by atoms with Crippen LogP contribution >= 0.6 is 23.2 Å². The molecule has 6 nitrogen and oxygen atoms in total. The maximum absolute atomic E-state index is 10.8. The Morgan fingerprint density at radius 2 is 1.89 bits per heavy atom. The smallest absolute Gasteiger partial charge is 0.308 e. The van der Waals surface area contributed by atoms with Gasteiger partial charge in [0.15, 0.2) is 0 Å². The minimum atomic E-state index is -0.468. The van der Waals surface area contributed by atoms with Gasteiger partial charge in [0.1, 0.15) is 5.75 Å². The van der Waals surface area contributed by atoms with Gasteiger partial charge in [0.05, 0.1) is 16.3 Å². The van der Waals surface area contributed by atoms with E-state index in [1.807, 2.05) is 0 Å². The van der Waals surface area contributed by atoms with E-state index in [-0.39, 0.29) is 21.8 Å². The highest BCUT2D eigenvalue weighted by Crippen LogP contribution is 2.29. The predicted molar refractivity (Wildman–Crippen MR) is 71.2 cm³/mol. The topological polar surface area (TPSA) is 103 Å². The number of nitrogens with two attached hydrogens (primary N) is 2. The molecule has 0 aromatic heterocycles. The van der Waals surface area contributed by atoms with Crippen molar-refractivity contribution in [1.29, 1.82) is 0 Å². The maximum atomic E-state index is 10.8. The summed E-state index contributed by atoms with van der Waals surface area (Å²) in [6, 6.07) is 2.87. The van der Waals surface area contributed by atoms with Crippen LogP contribution in [0.4, 0.5) is 0 Å². The second-order valence-corrected chi connectivity index (χ2v) is 3.98. The summed E-state index contributed by atoms with van der Waals surface area (Å²) < 4.78 is 4.85. The van der Waals surface area contributed by atoms with Gasteiger partial charge in [-0.3, -0.25) is 4.79 Å². The number of nitrogens with zero attached hydrogens (tertiary/aromatic N) is 2. The van der Waals surface area contributed by atoms with Gasteiger partial charge in [-0.15, -0.1) is 5.10 Å². The van der Waals surface area contributed by atoms with Crippen molar-refractivity contribution in [2.75, 3.05) is 0 Å². The lowest BCUT2D eigenvalue weighted by Gasteiger charge is -2.05. The Bertz CT molecular complexity index is 502. The van der Waals surface area contributed by atoms with Crippen molar-refractivity contribution in [2.24, 2.45) is 21.7 Å². The molecule has 0 aliphatic carbocycles. The van der Waals surface area contributed by atoms with Crippen molar-refractivity contribution in [3.8, 4) is 5.75 Å². The van der Waals surface area contributed by atoms with Gasteiger partial charge < -0.3 is 16.2 Å². The van der Waals surface area contributed by atoms with Crippen LogP contribution in [0.15, 0.2) is 22.3 Å². The Balaban J connectivity index is 3.05. The number of esters is 1. The third kappa shape index (κ3) is 4.23. The Labute approximate surface area is 113 Å². The highest BCUT2D eigenvalue weighted by Gasteiger charge is 2.08. The first-order valence-electron chi connectivity index (χ1n) is 4.69. The molecule has 0 spiro atoms. The van der Waals surface area contributed by atoms with Crippen molar-refractivity contribution >= 4 is 41.3 Å². The molecule has 1 aromatic carbocycles. The summed E-state index contributed by atoms with van der Waals surface area (Å²) in [5, 5.41) is 7.52. The quantitative estimate of drug-likeness (QED) is 0.289. The zero-order valence-corrected chi connectivity index (χ0v) is 10.9. The predicted octanol–water partition coefficient (Wildman–Crippen LogP) is 1.53. The molecule has 18 heavy (non-hydrogen) atoms. The molecule has 1 rings (SSSR count). The molecule has 4 N–H and O–H groups in total. The summed E-state index contributed by atoms with van der Waals surface area (Å²) in [6.45, 7) is 1.27. The maximum Gasteiger partial charge on any atom is 0.308 e. The lowest BCUT2D eigenvalue weighted by Crippen LogP contribution is -2.21. The molecule has 0 aliphatic heterocycles. The summed E-state index contributed by atoms with van der Waals surface area (Å²) in [7, 11) is 0. The lowest BCUT2D eigenvalue weighted by atomic mass is 10.2. The molecule has 8 heteroatoms. The highest BCUT2D eigenvalue weighted by molar-refractivity contribution is 6.38. The van der Waals surface area contributed by atoms with Crippen LogP contribution in [0.25, 0.3) is 0 Å². The fourth-order valence-corrected chi connectivity index (χ4v) is 1.63. The summed E-state index contributed by atoms with van der Waals surface area (Å²) in [5.41, 5.74) is 10.6. The van der Waals surface area contributed by atoms with Gasteiger partial charge in [-0.25, -0.2) is 0 Å². The number of carbonyl (C=O) groups is 1. The molecule has 0 saturated heterocycles. The Hall–Kier alpha value is -1.79. The minimum Gasteiger partial charge on any atom is -0.427 e. The standard InChI is InChI=1S/C10H10Cl2N4O2/c1-5(17)18-6-2-8(11)7(9(12)3-6)4-15-16-10(13)14/h2-4H,1H3,(H4,13,14,16). The molecule has 0 amide bonds. The van der Waals surface area contributed by atoms with Gasteiger partial charge in [-0.1, -0.05) is 23.2 Å². The first kappa shape index (κ1) is 14.3. The largest absolute Gasteiger partial charge is 0.427 e. The molecular formula is C10H10Cl2N4O2. The Morgan fingerprint density at radius 1 is 1.33 bits per heavy atom. The first-order chi connectivity index (χ1) is 8.40. The summed E-state index contributed by atoms with van der Waals surface area (Å²) in [5.74, 6) is -0.407. The molecular weight excluding hydrogens is 279 g/mol. The van der Waals surface area contributed by atoms with Gasteiger partial charge in [-0.2, -0.15) is 5.10 Å². The number of rotatable bonds is 3. The molecule has 0 aliphatic rings. The third-order valence-corrected chi connectivity index (χ3v) is 2.30. The fourth-order valence-electron chi connectivity index (χ4n) is 1.06. The van der Waals surface area contributed by atoms with E-state index < -0.39 is 5.97 Å². The molecule has 96 valence electrons. The van der Waals surface area contributed by atoms with Crippen molar-refractivity contribution in [3.05, 3.63) is 27.7 Å². The van der Waals surface area contributed by atoms with Crippen molar-refractivity contribution in [1.82, 2.24) is 0 Å². The van der Waals surface area contributed by atoms with E-state index in [1.54, 1.807) is 0 Å². The molecule has 0 atom stereocenters. The second-order valence-electron chi connectivity index (χ2n) is 3.16. The van der Waals surface area contributed by atoms with E-state index in [2.05, 4.69) is 10.2 Å². The van der Waals surface area contributed by atoms with Gasteiger partial charge in [0.25, 0.3) is 0 Å². The molecule has 0 saturated carbocycles. The third-order valence-electron chi connectivity index (χ3n) is 1.67. The summed E-state index contributed by atoms with van der Waals surface area (Å²) in [6.07, 6.45) is 1.29. The number of guanidine groups is 1. The number of halogens is 2. The van der Waals surface area contributed by atoms with E-state index in [0.29, 0.717) is 5.56 Å². The average molecular weight is 289 g/mol. The van der Waals surface area contributed by atoms with E-state index in [9.17, 15) is 4.79 Å². The molecule has 0 heterocycles. The number of benzene rings is 1. The minimum absolute atomic E-state index is 0.185. The monoisotopic (exact) mass is 288 g/mol. The number of hydrogen-bond acceptors (Lipinski definition) is 4. The zero-order valence-electron chi connectivity index (χ0n) is 9.35. The first-order valence-corrected chi connectivity index (χ1v) is 5.45. The van der Waals surface area contributed by atoms with Crippen LogP contribution in [0.1, 0.15) is 12.5 Å². The van der Waals surface area contributed by atoms with E-state index in [0.717, 1.165) is 0 Å². The van der Waals surface area contributed by atoms with Crippen molar-refractivity contribution in [3.63, 3.8) is 0 Å². The number of carbonyl (C=O) groups excluding carboxylic acids is 1. The van der Waals surface area contributed by atoms with Crippen LogP contribution in [0.2, 0.25) is 10.0 Å². The SMILES string of the molecule is CC(=O)Oc1cc(Cl)c(C=NN=C(N)N)c(Cl)c1. The van der Waals surface area contributed by atoms with Gasteiger partial charge in [0.2, 0.25) is 5.96 Å². The number of hydrogen-bond donors (Lipinski definition) is 2. The van der Waals surface area contributed by atoms with Crippen molar-refractivity contribution < 1.29 is 9.53 Å². The van der Waals surface area contributed by atoms with Gasteiger partial charge in [-0.05, 0) is 0 Å². The number of ether oxygens (including phenoxy) is 1.